The second kappa shape index (κ2) is 8.70. The van der Waals surface area contributed by atoms with E-state index < -0.39 is 13.0 Å². The standard InChI is InChI=1S/C17H24F2N2O2/c1-2-14-7-3-4-9-21(14)17(22)20-11-13-6-5-8-15(10-13)23-12-16(18)19/h5-6,8,10,14,16H,2-4,7,9,11-12H2,1H3,(H,20,22). The van der Waals surface area contributed by atoms with Gasteiger partial charge in [-0.25, -0.2) is 13.6 Å². The van der Waals surface area contributed by atoms with Gasteiger partial charge in [0.2, 0.25) is 0 Å². The van der Waals surface area contributed by atoms with Gasteiger partial charge in [-0.15, -0.1) is 0 Å². The fraction of sp³-hybridized carbons (Fsp3) is 0.588. The van der Waals surface area contributed by atoms with Crippen LogP contribution in [0, 0.1) is 0 Å². The van der Waals surface area contributed by atoms with Crippen molar-refractivity contribution < 1.29 is 18.3 Å². The van der Waals surface area contributed by atoms with E-state index in [1.807, 2.05) is 11.0 Å². The van der Waals surface area contributed by atoms with Crippen molar-refractivity contribution in [3.05, 3.63) is 29.8 Å². The predicted molar refractivity (Wildman–Crippen MR) is 84.8 cm³/mol. The van der Waals surface area contributed by atoms with E-state index in [1.54, 1.807) is 18.2 Å². The molecule has 2 rings (SSSR count). The number of carbonyl (C=O) groups excluding carboxylic acids is 1. The molecule has 0 bridgehead atoms. The van der Waals surface area contributed by atoms with E-state index in [4.69, 9.17) is 4.74 Å². The van der Waals surface area contributed by atoms with Gasteiger partial charge in [0.1, 0.15) is 12.4 Å². The first-order chi connectivity index (χ1) is 11.1. The van der Waals surface area contributed by atoms with Gasteiger partial charge in [0.15, 0.2) is 0 Å². The molecule has 23 heavy (non-hydrogen) atoms. The molecule has 1 aromatic rings. The number of amides is 2. The van der Waals surface area contributed by atoms with Gasteiger partial charge in [-0.1, -0.05) is 19.1 Å². The van der Waals surface area contributed by atoms with Gasteiger partial charge >= 0.3 is 6.03 Å². The maximum atomic E-state index is 12.3. The van der Waals surface area contributed by atoms with Crippen molar-refractivity contribution >= 4 is 6.03 Å². The monoisotopic (exact) mass is 326 g/mol. The van der Waals surface area contributed by atoms with Gasteiger partial charge in [0.05, 0.1) is 0 Å². The van der Waals surface area contributed by atoms with Gasteiger partial charge in [-0.05, 0) is 43.4 Å². The van der Waals surface area contributed by atoms with Crippen LogP contribution in [0.4, 0.5) is 13.6 Å². The molecule has 1 aliphatic rings. The average molecular weight is 326 g/mol. The van der Waals surface area contributed by atoms with E-state index in [0.717, 1.165) is 31.4 Å². The Morgan fingerprint density at radius 3 is 3.00 bits per heavy atom. The smallest absolute Gasteiger partial charge is 0.317 e. The van der Waals surface area contributed by atoms with E-state index in [-0.39, 0.29) is 6.03 Å². The Bertz CT molecular complexity index is 511. The van der Waals surface area contributed by atoms with Crippen molar-refractivity contribution in [3.63, 3.8) is 0 Å². The minimum absolute atomic E-state index is 0.0598. The van der Waals surface area contributed by atoms with Gasteiger partial charge < -0.3 is 15.0 Å². The zero-order valence-corrected chi connectivity index (χ0v) is 13.4. The highest BCUT2D eigenvalue weighted by Gasteiger charge is 2.24. The van der Waals surface area contributed by atoms with Crippen LogP contribution in [0.15, 0.2) is 24.3 Å². The van der Waals surface area contributed by atoms with Crippen LogP contribution in [0.3, 0.4) is 0 Å². The number of urea groups is 1. The van der Waals surface area contributed by atoms with Gasteiger partial charge in [0.25, 0.3) is 6.43 Å². The summed E-state index contributed by atoms with van der Waals surface area (Å²) >= 11 is 0. The molecular weight excluding hydrogens is 302 g/mol. The first-order valence-corrected chi connectivity index (χ1v) is 8.14. The highest BCUT2D eigenvalue weighted by Crippen LogP contribution is 2.19. The molecule has 0 aliphatic carbocycles. The van der Waals surface area contributed by atoms with E-state index in [0.29, 0.717) is 18.3 Å². The molecular formula is C17H24F2N2O2. The van der Waals surface area contributed by atoms with Gasteiger partial charge in [0, 0.05) is 19.1 Å². The lowest BCUT2D eigenvalue weighted by Gasteiger charge is -2.35. The molecule has 2 amide bonds. The summed E-state index contributed by atoms with van der Waals surface area (Å²) in [4.78, 5) is 14.2. The molecule has 1 N–H and O–H groups in total. The summed E-state index contributed by atoms with van der Waals surface area (Å²) in [5.41, 5.74) is 0.829. The molecule has 1 heterocycles. The van der Waals surface area contributed by atoms with Crippen molar-refractivity contribution in [2.75, 3.05) is 13.2 Å². The molecule has 0 aromatic heterocycles. The number of piperidine rings is 1. The topological polar surface area (TPSA) is 41.6 Å². The van der Waals surface area contributed by atoms with Crippen LogP contribution in [0.1, 0.15) is 38.2 Å². The lowest BCUT2D eigenvalue weighted by atomic mass is 10.0. The number of hydrogen-bond donors (Lipinski definition) is 1. The van der Waals surface area contributed by atoms with Crippen LogP contribution < -0.4 is 10.1 Å². The fourth-order valence-electron chi connectivity index (χ4n) is 2.88. The molecule has 6 heteroatoms. The number of ether oxygens (including phenoxy) is 1. The Morgan fingerprint density at radius 1 is 1.43 bits per heavy atom. The lowest BCUT2D eigenvalue weighted by Crippen LogP contribution is -2.48. The molecule has 1 unspecified atom stereocenters. The van der Waals surface area contributed by atoms with Crippen LogP contribution >= 0.6 is 0 Å². The van der Waals surface area contributed by atoms with Crippen molar-refractivity contribution in [1.82, 2.24) is 10.2 Å². The Morgan fingerprint density at radius 2 is 2.26 bits per heavy atom. The van der Waals surface area contributed by atoms with Gasteiger partial charge in [-0.2, -0.15) is 0 Å². The number of rotatable bonds is 6. The van der Waals surface area contributed by atoms with Crippen molar-refractivity contribution in [1.29, 1.82) is 0 Å². The van der Waals surface area contributed by atoms with Crippen LogP contribution in [-0.2, 0) is 6.54 Å². The third kappa shape index (κ3) is 5.37. The highest BCUT2D eigenvalue weighted by molar-refractivity contribution is 5.74. The average Bonchev–Trinajstić information content (AvgIpc) is 2.58. The maximum absolute atomic E-state index is 12.3. The largest absolute Gasteiger partial charge is 0.488 e. The molecule has 1 fully saturated rings. The van der Waals surface area contributed by atoms with E-state index >= 15 is 0 Å². The molecule has 0 saturated carbocycles. The van der Waals surface area contributed by atoms with Gasteiger partial charge in [-0.3, -0.25) is 0 Å². The minimum Gasteiger partial charge on any atom is -0.488 e. The summed E-state index contributed by atoms with van der Waals surface area (Å²) in [5, 5.41) is 2.91. The van der Waals surface area contributed by atoms with E-state index in [9.17, 15) is 13.6 Å². The number of likely N-dealkylation sites (tertiary alicyclic amines) is 1. The van der Waals surface area contributed by atoms with Crippen LogP contribution in [-0.4, -0.2) is 36.5 Å². The molecule has 1 aromatic carbocycles. The fourth-order valence-corrected chi connectivity index (χ4v) is 2.88. The molecule has 0 spiro atoms. The number of alkyl halides is 2. The summed E-state index contributed by atoms with van der Waals surface area (Å²) < 4.78 is 29.3. The predicted octanol–water partition coefficient (Wildman–Crippen LogP) is 3.80. The van der Waals surface area contributed by atoms with Crippen LogP contribution in [0.2, 0.25) is 0 Å². The number of nitrogens with one attached hydrogen (secondary N) is 1. The first kappa shape index (κ1) is 17.5. The zero-order valence-electron chi connectivity index (χ0n) is 13.4. The minimum atomic E-state index is -2.50. The highest BCUT2D eigenvalue weighted by atomic mass is 19.3. The Kier molecular flexibility index (Phi) is 6.62. The van der Waals surface area contributed by atoms with Crippen LogP contribution in [0.5, 0.6) is 5.75 Å². The first-order valence-electron chi connectivity index (χ1n) is 8.14. The molecule has 4 nitrogen and oxygen atoms in total. The molecule has 128 valence electrons. The van der Waals surface area contributed by atoms with E-state index in [1.165, 1.54) is 6.42 Å². The molecule has 1 atom stereocenters. The zero-order chi connectivity index (χ0) is 16.7. The molecule has 1 aliphatic heterocycles. The Labute approximate surface area is 135 Å². The van der Waals surface area contributed by atoms with Crippen molar-refractivity contribution in [3.8, 4) is 5.75 Å². The summed E-state index contributed by atoms with van der Waals surface area (Å²) in [7, 11) is 0. The van der Waals surface area contributed by atoms with Crippen LogP contribution in [0.25, 0.3) is 0 Å². The summed E-state index contributed by atoms with van der Waals surface area (Å²) in [5.74, 6) is 0.390. The Hall–Kier alpha value is -1.85. The third-order valence-corrected chi connectivity index (χ3v) is 4.08. The number of benzene rings is 1. The number of carbonyl (C=O) groups is 1. The summed E-state index contributed by atoms with van der Waals surface area (Å²) in [6, 6.07) is 7.13. The van der Waals surface area contributed by atoms with Crippen molar-refractivity contribution in [2.45, 2.75) is 51.6 Å². The summed E-state index contributed by atoms with van der Waals surface area (Å²) in [6.45, 7) is 2.63. The third-order valence-electron chi connectivity index (χ3n) is 4.08. The second-order valence-corrected chi connectivity index (χ2v) is 5.76. The molecule has 0 radical (unpaired) electrons. The number of halogens is 2. The summed E-state index contributed by atoms with van der Waals surface area (Å²) in [6.07, 6.45) is 1.74. The number of hydrogen-bond acceptors (Lipinski definition) is 2. The SMILES string of the molecule is CCC1CCCCN1C(=O)NCc1cccc(OCC(F)F)c1. The second-order valence-electron chi connectivity index (χ2n) is 5.76. The molecule has 1 saturated heterocycles. The normalized spacial score (nSPS) is 18.1. The maximum Gasteiger partial charge on any atom is 0.317 e. The lowest BCUT2D eigenvalue weighted by molar-refractivity contribution is 0.0818. The number of nitrogens with zero attached hydrogens (tertiary/aromatic N) is 1. The van der Waals surface area contributed by atoms with Crippen molar-refractivity contribution in [2.24, 2.45) is 0 Å². The Balaban J connectivity index is 1.87. The van der Waals surface area contributed by atoms with E-state index in [2.05, 4.69) is 12.2 Å². The quantitative estimate of drug-likeness (QED) is 0.864.